The lowest BCUT2D eigenvalue weighted by molar-refractivity contribution is -0.117. The molecule has 0 radical (unpaired) electrons. The van der Waals surface area contributed by atoms with Crippen LogP contribution in [-0.4, -0.2) is 36.7 Å². The monoisotopic (exact) mass is 413 g/mol. The van der Waals surface area contributed by atoms with E-state index in [9.17, 15) is 14.4 Å². The first kappa shape index (κ1) is 22.7. The second-order valence-corrected chi connectivity index (χ2v) is 7.44. The van der Waals surface area contributed by atoms with Gasteiger partial charge in [-0.05, 0) is 57.2 Å². The Morgan fingerprint density at radius 1 is 0.833 bits per heavy atom. The van der Waals surface area contributed by atoms with Gasteiger partial charge in [-0.1, -0.05) is 18.2 Å². The predicted octanol–water partition coefficient (Wildman–Crippen LogP) is 3.56. The van der Waals surface area contributed by atoms with Crippen LogP contribution in [0.2, 0.25) is 0 Å². The van der Waals surface area contributed by atoms with Crippen LogP contribution in [0.1, 0.15) is 27.2 Å². The van der Waals surface area contributed by atoms with E-state index in [1.165, 1.54) is 0 Å². The van der Waals surface area contributed by atoms with Gasteiger partial charge in [0.25, 0.3) is 0 Å². The van der Waals surface area contributed by atoms with Crippen LogP contribution < -0.4 is 20.7 Å². The molecular formula is C22H27N3O5. The largest absolute Gasteiger partial charge is 0.493 e. The van der Waals surface area contributed by atoms with Gasteiger partial charge in [0.15, 0.2) is 0 Å². The van der Waals surface area contributed by atoms with E-state index in [2.05, 4.69) is 16.0 Å². The first-order valence-corrected chi connectivity index (χ1v) is 9.56. The number of anilines is 2. The van der Waals surface area contributed by atoms with Gasteiger partial charge < -0.3 is 25.4 Å². The maximum absolute atomic E-state index is 12.0. The molecule has 0 aromatic heterocycles. The van der Waals surface area contributed by atoms with Gasteiger partial charge in [-0.25, -0.2) is 4.79 Å². The summed E-state index contributed by atoms with van der Waals surface area (Å²) < 4.78 is 10.6. The van der Waals surface area contributed by atoms with Crippen molar-refractivity contribution in [1.82, 2.24) is 5.32 Å². The number of carbonyl (C=O) groups is 3. The molecule has 0 spiro atoms. The maximum Gasteiger partial charge on any atom is 0.408 e. The standard InChI is InChI=1S/C22H27N3O5/c1-22(2,3)30-21(28)23-15-20(27)25-17-11-9-16(10-12-17)24-19(26)13-14-29-18-7-5-4-6-8-18/h4-12H,13-15H2,1-3H3,(H,23,28)(H,24,26)(H,25,27). The highest BCUT2D eigenvalue weighted by molar-refractivity contribution is 5.94. The van der Waals surface area contributed by atoms with Crippen LogP contribution in [0.15, 0.2) is 54.6 Å². The van der Waals surface area contributed by atoms with E-state index in [-0.39, 0.29) is 25.5 Å². The number of ether oxygens (including phenoxy) is 2. The third kappa shape index (κ3) is 9.09. The molecule has 0 saturated carbocycles. The van der Waals surface area contributed by atoms with Gasteiger partial charge in [0.1, 0.15) is 17.9 Å². The summed E-state index contributed by atoms with van der Waals surface area (Å²) in [6.07, 6.45) is -0.448. The first-order valence-electron chi connectivity index (χ1n) is 9.56. The van der Waals surface area contributed by atoms with Gasteiger partial charge in [-0.3, -0.25) is 9.59 Å². The summed E-state index contributed by atoms with van der Waals surface area (Å²) in [5.41, 5.74) is 0.509. The predicted molar refractivity (Wildman–Crippen MR) is 114 cm³/mol. The Kier molecular flexibility index (Phi) is 8.22. The molecule has 0 fully saturated rings. The lowest BCUT2D eigenvalue weighted by Crippen LogP contribution is -2.37. The highest BCUT2D eigenvalue weighted by atomic mass is 16.6. The fourth-order valence-electron chi connectivity index (χ4n) is 2.31. The summed E-state index contributed by atoms with van der Waals surface area (Å²) in [5.74, 6) is 0.145. The van der Waals surface area contributed by atoms with E-state index in [1.807, 2.05) is 30.3 Å². The van der Waals surface area contributed by atoms with E-state index in [0.29, 0.717) is 17.1 Å². The highest BCUT2D eigenvalue weighted by Gasteiger charge is 2.16. The molecule has 8 nitrogen and oxygen atoms in total. The smallest absolute Gasteiger partial charge is 0.408 e. The molecule has 160 valence electrons. The second kappa shape index (κ2) is 10.8. The Balaban J connectivity index is 1.70. The molecule has 2 aromatic carbocycles. The summed E-state index contributed by atoms with van der Waals surface area (Å²) in [6.45, 7) is 5.28. The third-order valence-corrected chi connectivity index (χ3v) is 3.59. The van der Waals surface area contributed by atoms with Crippen LogP contribution in [0.4, 0.5) is 16.2 Å². The Hall–Kier alpha value is -3.55. The minimum atomic E-state index is -0.660. The maximum atomic E-state index is 12.0. The van der Waals surface area contributed by atoms with Crippen LogP contribution >= 0.6 is 0 Å². The summed E-state index contributed by atoms with van der Waals surface area (Å²) in [6, 6.07) is 15.9. The summed E-state index contributed by atoms with van der Waals surface area (Å²) in [5, 5.41) is 7.80. The number of amides is 3. The van der Waals surface area contributed by atoms with Crippen molar-refractivity contribution < 1.29 is 23.9 Å². The fourth-order valence-corrected chi connectivity index (χ4v) is 2.31. The van der Waals surface area contributed by atoms with Gasteiger partial charge >= 0.3 is 6.09 Å². The lowest BCUT2D eigenvalue weighted by atomic mass is 10.2. The van der Waals surface area contributed by atoms with Crippen LogP contribution in [0.3, 0.4) is 0 Å². The SMILES string of the molecule is CC(C)(C)OC(=O)NCC(=O)Nc1ccc(NC(=O)CCOc2ccccc2)cc1. The van der Waals surface area contributed by atoms with E-state index >= 15 is 0 Å². The molecule has 0 aliphatic carbocycles. The van der Waals surface area contributed by atoms with Crippen molar-refractivity contribution >= 4 is 29.3 Å². The average molecular weight is 413 g/mol. The van der Waals surface area contributed by atoms with Crippen molar-refractivity contribution in [3.8, 4) is 5.75 Å². The molecule has 0 heterocycles. The van der Waals surface area contributed by atoms with Crippen LogP contribution in [-0.2, 0) is 14.3 Å². The van der Waals surface area contributed by atoms with Crippen molar-refractivity contribution in [1.29, 1.82) is 0 Å². The van der Waals surface area contributed by atoms with Gasteiger partial charge in [-0.2, -0.15) is 0 Å². The van der Waals surface area contributed by atoms with Crippen molar-refractivity contribution in [2.45, 2.75) is 32.8 Å². The second-order valence-electron chi connectivity index (χ2n) is 7.44. The quantitative estimate of drug-likeness (QED) is 0.614. The Labute approximate surface area is 175 Å². The van der Waals surface area contributed by atoms with E-state index < -0.39 is 17.6 Å². The van der Waals surface area contributed by atoms with Gasteiger partial charge in [-0.15, -0.1) is 0 Å². The minimum Gasteiger partial charge on any atom is -0.493 e. The fraction of sp³-hybridized carbons (Fsp3) is 0.318. The molecule has 0 aliphatic heterocycles. The van der Waals surface area contributed by atoms with Crippen molar-refractivity contribution in [2.75, 3.05) is 23.8 Å². The Bertz CT molecular complexity index is 845. The molecule has 0 saturated heterocycles. The third-order valence-electron chi connectivity index (χ3n) is 3.59. The zero-order valence-electron chi connectivity index (χ0n) is 17.4. The first-order chi connectivity index (χ1) is 14.2. The number of para-hydroxylation sites is 1. The molecule has 2 aromatic rings. The summed E-state index contributed by atoms with van der Waals surface area (Å²) in [7, 11) is 0. The van der Waals surface area contributed by atoms with Crippen molar-refractivity contribution in [2.24, 2.45) is 0 Å². The molecule has 30 heavy (non-hydrogen) atoms. The number of benzene rings is 2. The number of hydrogen-bond acceptors (Lipinski definition) is 5. The number of carbonyl (C=O) groups excluding carboxylic acids is 3. The summed E-state index contributed by atoms with van der Waals surface area (Å²) in [4.78, 5) is 35.5. The summed E-state index contributed by atoms with van der Waals surface area (Å²) >= 11 is 0. The topological polar surface area (TPSA) is 106 Å². The zero-order valence-corrected chi connectivity index (χ0v) is 17.4. The molecule has 2 rings (SSSR count). The van der Waals surface area contributed by atoms with E-state index in [4.69, 9.17) is 9.47 Å². The molecular weight excluding hydrogens is 386 g/mol. The van der Waals surface area contributed by atoms with Crippen LogP contribution in [0.5, 0.6) is 5.75 Å². The molecule has 8 heteroatoms. The molecule has 0 unspecified atom stereocenters. The van der Waals surface area contributed by atoms with Gasteiger partial charge in [0.2, 0.25) is 11.8 Å². The Morgan fingerprint density at radius 2 is 1.40 bits per heavy atom. The molecule has 0 atom stereocenters. The highest BCUT2D eigenvalue weighted by Crippen LogP contribution is 2.14. The Morgan fingerprint density at radius 3 is 1.97 bits per heavy atom. The normalized spacial score (nSPS) is 10.6. The number of rotatable bonds is 8. The minimum absolute atomic E-state index is 0.177. The number of nitrogens with one attached hydrogen (secondary N) is 3. The number of alkyl carbamates (subject to hydrolysis) is 1. The van der Waals surface area contributed by atoms with E-state index in [1.54, 1.807) is 45.0 Å². The average Bonchev–Trinajstić information content (AvgIpc) is 2.67. The number of hydrogen-bond donors (Lipinski definition) is 3. The van der Waals surface area contributed by atoms with Crippen LogP contribution in [0, 0.1) is 0 Å². The molecule has 3 N–H and O–H groups in total. The van der Waals surface area contributed by atoms with Gasteiger partial charge in [0, 0.05) is 11.4 Å². The van der Waals surface area contributed by atoms with Crippen LogP contribution in [0.25, 0.3) is 0 Å². The lowest BCUT2D eigenvalue weighted by Gasteiger charge is -2.19. The van der Waals surface area contributed by atoms with Crippen molar-refractivity contribution in [3.63, 3.8) is 0 Å². The van der Waals surface area contributed by atoms with E-state index in [0.717, 1.165) is 0 Å². The van der Waals surface area contributed by atoms with Gasteiger partial charge in [0.05, 0.1) is 13.0 Å². The van der Waals surface area contributed by atoms with Crippen molar-refractivity contribution in [3.05, 3.63) is 54.6 Å². The molecule has 3 amide bonds. The molecule has 0 bridgehead atoms. The zero-order chi connectivity index (χ0) is 22.0. The molecule has 0 aliphatic rings.